The van der Waals surface area contributed by atoms with E-state index in [4.69, 9.17) is 25.8 Å². The van der Waals surface area contributed by atoms with Gasteiger partial charge in [0.15, 0.2) is 0 Å². The van der Waals surface area contributed by atoms with E-state index in [1.54, 1.807) is 56.7 Å². The first-order valence-electron chi connectivity index (χ1n) is 19.3. The number of halogens is 4. The number of amides is 1. The summed E-state index contributed by atoms with van der Waals surface area (Å²) in [6.07, 6.45) is 0.201. The fraction of sp³-hybridized carbons (Fsp3) is 0.386. The molecule has 4 aromatic rings. The zero-order chi connectivity index (χ0) is 41.2. The van der Waals surface area contributed by atoms with Crippen molar-refractivity contribution < 1.29 is 40.6 Å². The maximum absolute atomic E-state index is 14.9. The summed E-state index contributed by atoms with van der Waals surface area (Å²) in [4.78, 5) is 14.2. The van der Waals surface area contributed by atoms with Gasteiger partial charge in [0.25, 0.3) is 0 Å². The summed E-state index contributed by atoms with van der Waals surface area (Å²) in [7, 11) is -1.01. The first kappa shape index (κ1) is 41.4. The number of methoxy groups -OCH3 is 2. The standard InChI is InChI=1S/C44H47ClF3N3O6S/c1-4-39(49-42(52)44(46,47)48)37-18-11-32(37)26-50-27-43(21-5-6-31-22-33(45)12-19-38(31)43)28-57-41-20-17-36(23-40(41)50)58(53,54)51(24-29-7-13-34(55-2)14-8-29)25-30-9-15-35(56-3)16-10-30/h4,7-10,12-17,19-20,22-23,32,37,39H,1,5-6,11,18,21,24-28H2,2-3H3,(H,49,52)/t32-,37+,39-,43-/m0/s1. The molecule has 1 N–H and O–H groups in total. The first-order chi connectivity index (χ1) is 27.7. The summed E-state index contributed by atoms with van der Waals surface area (Å²) in [5.74, 6) is -0.629. The Morgan fingerprint density at radius 2 is 1.66 bits per heavy atom. The summed E-state index contributed by atoms with van der Waals surface area (Å²) in [5, 5.41) is 2.78. The molecule has 9 nitrogen and oxygen atoms in total. The van der Waals surface area contributed by atoms with Crippen molar-refractivity contribution in [1.82, 2.24) is 9.62 Å². The Labute approximate surface area is 342 Å². The molecule has 0 radical (unpaired) electrons. The Bertz CT molecular complexity index is 2190. The Kier molecular flexibility index (Phi) is 12.1. The summed E-state index contributed by atoms with van der Waals surface area (Å²) in [6.45, 7) is 5.11. The summed E-state index contributed by atoms with van der Waals surface area (Å²) >= 11 is 6.45. The van der Waals surface area contributed by atoms with Crippen molar-refractivity contribution in [3.8, 4) is 17.2 Å². The summed E-state index contributed by atoms with van der Waals surface area (Å²) in [6, 6.07) is 24.4. The first-order valence-corrected chi connectivity index (χ1v) is 21.1. The molecule has 58 heavy (non-hydrogen) atoms. The molecule has 0 saturated heterocycles. The molecular formula is C44H47ClF3N3O6S. The van der Waals surface area contributed by atoms with Crippen LogP contribution in [-0.4, -0.2) is 64.8 Å². The van der Waals surface area contributed by atoms with Crippen LogP contribution in [0.25, 0.3) is 0 Å². The van der Waals surface area contributed by atoms with E-state index in [9.17, 15) is 26.4 Å². The van der Waals surface area contributed by atoms with Crippen molar-refractivity contribution in [3.63, 3.8) is 0 Å². The minimum Gasteiger partial charge on any atom is -0.497 e. The van der Waals surface area contributed by atoms with Gasteiger partial charge in [-0.1, -0.05) is 48.0 Å². The van der Waals surface area contributed by atoms with Crippen molar-refractivity contribution >= 4 is 33.2 Å². The largest absolute Gasteiger partial charge is 0.497 e. The van der Waals surface area contributed by atoms with E-state index in [0.717, 1.165) is 41.5 Å². The molecule has 7 rings (SSSR count). The van der Waals surface area contributed by atoms with Gasteiger partial charge in [-0.05, 0) is 121 Å². The predicted molar refractivity (Wildman–Crippen MR) is 217 cm³/mol. The fourth-order valence-corrected chi connectivity index (χ4v) is 10.3. The predicted octanol–water partition coefficient (Wildman–Crippen LogP) is 8.48. The zero-order valence-electron chi connectivity index (χ0n) is 32.4. The highest BCUT2D eigenvalue weighted by Crippen LogP contribution is 2.47. The number of carbonyl (C=O) groups excluding carboxylic acids is 1. The number of nitrogens with zero attached hydrogens (tertiary/aromatic N) is 2. The third-order valence-electron chi connectivity index (χ3n) is 11.9. The maximum Gasteiger partial charge on any atom is 0.471 e. The van der Waals surface area contributed by atoms with Gasteiger partial charge in [0, 0.05) is 36.6 Å². The van der Waals surface area contributed by atoms with Crippen LogP contribution >= 0.6 is 11.6 Å². The molecule has 1 saturated carbocycles. The minimum absolute atomic E-state index is 0.0696. The van der Waals surface area contributed by atoms with Crippen LogP contribution in [0.4, 0.5) is 18.9 Å². The molecule has 1 heterocycles. The monoisotopic (exact) mass is 837 g/mol. The summed E-state index contributed by atoms with van der Waals surface area (Å²) < 4.78 is 88.4. The molecule has 0 bridgehead atoms. The lowest BCUT2D eigenvalue weighted by Crippen LogP contribution is -2.53. The number of fused-ring (bicyclic) bond motifs is 3. The third-order valence-corrected chi connectivity index (χ3v) is 13.9. The van der Waals surface area contributed by atoms with Crippen LogP contribution in [0.3, 0.4) is 0 Å². The molecule has 3 aliphatic rings. The number of alkyl halides is 3. The lowest BCUT2D eigenvalue weighted by molar-refractivity contribution is -0.174. The van der Waals surface area contributed by atoms with Crippen molar-refractivity contribution in [3.05, 3.63) is 125 Å². The van der Waals surface area contributed by atoms with E-state index in [0.29, 0.717) is 60.5 Å². The number of rotatable bonds is 13. The highest BCUT2D eigenvalue weighted by atomic mass is 35.5. The van der Waals surface area contributed by atoms with E-state index in [2.05, 4.69) is 16.8 Å². The van der Waals surface area contributed by atoms with Crippen LogP contribution in [0, 0.1) is 11.8 Å². The maximum atomic E-state index is 14.9. The van der Waals surface area contributed by atoms with Crippen molar-refractivity contribution in [2.75, 3.05) is 38.8 Å². The Balaban J connectivity index is 1.26. The summed E-state index contributed by atoms with van der Waals surface area (Å²) in [5.41, 5.74) is 3.87. The number of benzene rings is 4. The molecule has 1 fully saturated rings. The van der Waals surface area contributed by atoms with E-state index in [1.165, 1.54) is 10.4 Å². The second-order valence-corrected chi connectivity index (χ2v) is 17.8. The van der Waals surface area contributed by atoms with Gasteiger partial charge in [-0.25, -0.2) is 8.42 Å². The Hall–Kier alpha value is -4.72. The second kappa shape index (κ2) is 16.9. The molecule has 1 aliphatic heterocycles. The van der Waals surface area contributed by atoms with Crippen LogP contribution in [0.5, 0.6) is 17.2 Å². The molecule has 1 spiro atoms. The molecule has 0 unspecified atom stereocenters. The topological polar surface area (TPSA) is 97.4 Å². The quantitative estimate of drug-likeness (QED) is 0.135. The van der Waals surface area contributed by atoms with Gasteiger partial charge < -0.3 is 24.4 Å². The number of hydrogen-bond donors (Lipinski definition) is 1. The van der Waals surface area contributed by atoms with Crippen LogP contribution < -0.4 is 24.4 Å². The van der Waals surface area contributed by atoms with Crippen LogP contribution in [0.1, 0.15) is 47.9 Å². The van der Waals surface area contributed by atoms with Crippen LogP contribution in [-0.2, 0) is 39.7 Å². The SMILES string of the molecule is C=C[C@H](NC(=O)C(F)(F)F)[C@@H]1CC[C@H]1CN1C[C@@]2(CCCc3cc(Cl)ccc32)COc2ccc(S(=O)(=O)N(Cc3ccc(OC)cc3)Cc3ccc(OC)cc3)cc21. The van der Waals surface area contributed by atoms with Gasteiger partial charge in [-0.2, -0.15) is 17.5 Å². The molecule has 4 aromatic carbocycles. The average molecular weight is 838 g/mol. The normalized spacial score (nSPS) is 20.8. The number of hydrogen-bond acceptors (Lipinski definition) is 7. The smallest absolute Gasteiger partial charge is 0.471 e. The van der Waals surface area contributed by atoms with Gasteiger partial charge in [0.05, 0.1) is 37.5 Å². The van der Waals surface area contributed by atoms with Crippen molar-refractivity contribution in [2.45, 2.75) is 67.7 Å². The Morgan fingerprint density at radius 1 is 1.00 bits per heavy atom. The highest BCUT2D eigenvalue weighted by molar-refractivity contribution is 7.89. The third kappa shape index (κ3) is 8.67. The lowest BCUT2D eigenvalue weighted by Gasteiger charge is -2.46. The van der Waals surface area contributed by atoms with Gasteiger partial charge in [-0.3, -0.25) is 4.79 Å². The zero-order valence-corrected chi connectivity index (χ0v) is 34.0. The number of nitrogens with one attached hydrogen (secondary N) is 1. The molecule has 1 amide bonds. The highest BCUT2D eigenvalue weighted by Gasteiger charge is 2.46. The van der Waals surface area contributed by atoms with Gasteiger partial charge >= 0.3 is 12.1 Å². The molecule has 308 valence electrons. The van der Waals surface area contributed by atoms with Crippen LogP contribution in [0.15, 0.2) is 102 Å². The Morgan fingerprint density at radius 3 is 2.22 bits per heavy atom. The van der Waals surface area contributed by atoms with E-state index in [1.807, 2.05) is 42.5 Å². The van der Waals surface area contributed by atoms with Crippen molar-refractivity contribution in [1.29, 1.82) is 0 Å². The van der Waals surface area contributed by atoms with Gasteiger partial charge in [0.2, 0.25) is 10.0 Å². The molecule has 14 heteroatoms. The second-order valence-electron chi connectivity index (χ2n) is 15.4. The molecular weight excluding hydrogens is 791 g/mol. The van der Waals surface area contributed by atoms with Gasteiger partial charge in [-0.15, -0.1) is 6.58 Å². The lowest BCUT2D eigenvalue weighted by atomic mass is 9.68. The van der Waals surface area contributed by atoms with Crippen LogP contribution in [0.2, 0.25) is 5.02 Å². The van der Waals surface area contributed by atoms with E-state index >= 15 is 0 Å². The minimum atomic E-state index is -5.03. The number of carbonyl (C=O) groups is 1. The molecule has 2 aliphatic carbocycles. The van der Waals surface area contributed by atoms with Crippen molar-refractivity contribution in [2.24, 2.45) is 11.8 Å². The van der Waals surface area contributed by atoms with E-state index < -0.39 is 33.6 Å². The average Bonchev–Trinajstić information content (AvgIpc) is 3.35. The van der Waals surface area contributed by atoms with E-state index in [-0.39, 0.29) is 29.8 Å². The number of ether oxygens (including phenoxy) is 3. The number of sulfonamides is 1. The number of anilines is 1. The molecule has 4 atom stereocenters. The number of aryl methyl sites for hydroxylation is 1. The fourth-order valence-electron chi connectivity index (χ4n) is 8.65. The van der Waals surface area contributed by atoms with Gasteiger partial charge in [0.1, 0.15) is 17.2 Å². The molecule has 0 aromatic heterocycles.